The third-order valence-corrected chi connectivity index (χ3v) is 0. The minimum absolute atomic E-state index is 0. The smallest absolute Gasteiger partial charge is 0.415 e. The third-order valence-electron chi connectivity index (χ3n) is 0. The molecule has 0 aliphatic heterocycles. The molecule has 0 unspecified atom stereocenters. The maximum atomic E-state index is 4.66. The maximum Gasteiger partial charge on any atom is 1.00 e. The van der Waals surface area contributed by atoms with Gasteiger partial charge in [-0.1, -0.05) is 4.32 Å². The summed E-state index contributed by atoms with van der Waals surface area (Å²) in [5.41, 5.74) is 4.66. The van der Waals surface area contributed by atoms with Crippen molar-refractivity contribution >= 4 is 29.2 Å². The first kappa shape index (κ1) is 9.16. The average Bonchev–Trinajstić information content (AvgIpc) is 0.811. The molecular weight excluding hydrogens is 154 g/mol. The summed E-state index contributed by atoms with van der Waals surface area (Å²) in [5, 5.41) is 0. The zero-order valence-electron chi connectivity index (χ0n) is 2.20. The fourth-order valence-electron chi connectivity index (χ4n) is 0. The van der Waals surface area contributed by atoms with Crippen LogP contribution in [0.2, 0.25) is 0 Å². The van der Waals surface area contributed by atoms with Crippen LogP contribution in [-0.2, 0) is 29.7 Å². The Kier molecular flexibility index (Phi) is 8.48. The van der Waals surface area contributed by atoms with Gasteiger partial charge >= 0.3 is 17.1 Å². The summed E-state index contributed by atoms with van der Waals surface area (Å²) in [5.74, 6) is 0. The van der Waals surface area contributed by atoms with Gasteiger partial charge in [-0.05, 0) is 0 Å². The predicted molar refractivity (Wildman–Crippen MR) is 24.2 cm³/mol. The van der Waals surface area contributed by atoms with Gasteiger partial charge in [-0.15, -0.1) is 0 Å². The van der Waals surface area contributed by atoms with Gasteiger partial charge in [0.2, 0.25) is 0 Å². The van der Waals surface area contributed by atoms with Crippen LogP contribution in [-0.4, -0.2) is 4.32 Å². The topological polar surface area (TPSA) is 26.0 Å². The fraction of sp³-hybridized carbons (Fsp3) is 0. The van der Waals surface area contributed by atoms with Gasteiger partial charge in [0.25, 0.3) is 0 Å². The van der Waals surface area contributed by atoms with Crippen LogP contribution in [0.4, 0.5) is 0 Å². The van der Waals surface area contributed by atoms with Gasteiger partial charge in [0.1, 0.15) is 0 Å². The summed E-state index contributed by atoms with van der Waals surface area (Å²) < 4.78 is 0.0833. The minimum Gasteiger partial charge on any atom is -0.415 e. The molecule has 0 aromatic rings. The standard InChI is InChI=1S/CH3NS2.Cu/c2-1(3)4;/h(H3,2,3,4);/q;+1/p-1. The third kappa shape index (κ3) is 80.8. The Bertz CT molecular complexity index is 32.6. The van der Waals surface area contributed by atoms with Crippen molar-refractivity contribution in [2.45, 2.75) is 0 Å². The Hall–Kier alpha value is 0.629. The fourth-order valence-corrected chi connectivity index (χ4v) is 0. The molecule has 1 nitrogen and oxygen atoms in total. The second-order valence-electron chi connectivity index (χ2n) is 0.319. The van der Waals surface area contributed by atoms with Crippen LogP contribution in [0.25, 0.3) is 0 Å². The van der Waals surface area contributed by atoms with Crippen molar-refractivity contribution in [3.8, 4) is 0 Å². The van der Waals surface area contributed by atoms with Gasteiger partial charge in [0.15, 0.2) is 0 Å². The first-order chi connectivity index (χ1) is 1.73. The molecule has 0 spiro atoms. The molecular formula is CH2CuNS2. The van der Waals surface area contributed by atoms with Crippen molar-refractivity contribution in [1.82, 2.24) is 0 Å². The number of rotatable bonds is 0. The summed E-state index contributed by atoms with van der Waals surface area (Å²) in [6, 6.07) is 0. The Balaban J connectivity index is 0. The van der Waals surface area contributed by atoms with Gasteiger partial charge in [-0.2, -0.15) is 0 Å². The van der Waals surface area contributed by atoms with E-state index in [0.717, 1.165) is 0 Å². The number of thiocarbonyl (C=S) groups is 1. The van der Waals surface area contributed by atoms with Crippen molar-refractivity contribution < 1.29 is 17.1 Å². The largest absolute Gasteiger partial charge is 1.00 e. The van der Waals surface area contributed by atoms with E-state index in [9.17, 15) is 0 Å². The molecule has 0 aromatic heterocycles. The van der Waals surface area contributed by atoms with Crippen molar-refractivity contribution in [3.05, 3.63) is 0 Å². The Labute approximate surface area is 52.2 Å². The van der Waals surface area contributed by atoms with E-state index in [1.165, 1.54) is 0 Å². The molecule has 0 aromatic carbocycles. The van der Waals surface area contributed by atoms with Gasteiger partial charge < -0.3 is 30.6 Å². The van der Waals surface area contributed by atoms with E-state index in [4.69, 9.17) is 0 Å². The molecule has 0 fully saturated rings. The number of hydrogen-bond acceptors (Lipinski definition) is 2. The van der Waals surface area contributed by atoms with Gasteiger partial charge in [-0.25, -0.2) is 0 Å². The molecule has 0 amide bonds. The minimum atomic E-state index is 0. The Morgan fingerprint density at radius 3 is 1.80 bits per heavy atom. The molecule has 0 saturated carbocycles. The van der Waals surface area contributed by atoms with Crippen molar-refractivity contribution in [1.29, 1.82) is 0 Å². The first-order valence-electron chi connectivity index (χ1n) is 0.697. The molecule has 34 valence electrons. The second-order valence-corrected chi connectivity index (χ2v) is 1.46. The van der Waals surface area contributed by atoms with Gasteiger partial charge in [0.05, 0.1) is 0 Å². The Morgan fingerprint density at radius 2 is 1.80 bits per heavy atom. The molecule has 5 heavy (non-hydrogen) atoms. The van der Waals surface area contributed by atoms with Crippen LogP contribution in [0.3, 0.4) is 0 Å². The number of hydrogen-bond donors (Lipinski definition) is 1. The van der Waals surface area contributed by atoms with E-state index in [0.29, 0.717) is 0 Å². The molecule has 0 atom stereocenters. The molecule has 0 heterocycles. The van der Waals surface area contributed by atoms with Crippen molar-refractivity contribution in [2.75, 3.05) is 0 Å². The summed E-state index contributed by atoms with van der Waals surface area (Å²) in [7, 11) is 0. The predicted octanol–water partition coefficient (Wildman–Crippen LogP) is -0.226. The average molecular weight is 156 g/mol. The Morgan fingerprint density at radius 1 is 1.80 bits per heavy atom. The van der Waals surface area contributed by atoms with E-state index < -0.39 is 0 Å². The maximum absolute atomic E-state index is 4.66. The summed E-state index contributed by atoms with van der Waals surface area (Å²) >= 11 is 8.26. The molecule has 0 radical (unpaired) electrons. The zero-order chi connectivity index (χ0) is 3.58. The van der Waals surface area contributed by atoms with E-state index >= 15 is 0 Å². The molecule has 0 aliphatic rings. The molecule has 4 heteroatoms. The van der Waals surface area contributed by atoms with E-state index in [2.05, 4.69) is 30.6 Å². The van der Waals surface area contributed by atoms with E-state index in [1.807, 2.05) is 0 Å². The summed E-state index contributed by atoms with van der Waals surface area (Å²) in [4.78, 5) is 0. The summed E-state index contributed by atoms with van der Waals surface area (Å²) in [6.07, 6.45) is 0. The van der Waals surface area contributed by atoms with Crippen LogP contribution in [0.15, 0.2) is 0 Å². The van der Waals surface area contributed by atoms with Crippen LogP contribution in [0, 0.1) is 0 Å². The van der Waals surface area contributed by atoms with Gasteiger partial charge in [-0.3, -0.25) is 0 Å². The van der Waals surface area contributed by atoms with Crippen LogP contribution in [0.1, 0.15) is 0 Å². The van der Waals surface area contributed by atoms with Crippen LogP contribution >= 0.6 is 12.2 Å². The van der Waals surface area contributed by atoms with Crippen LogP contribution < -0.4 is 5.73 Å². The van der Waals surface area contributed by atoms with Crippen molar-refractivity contribution in [3.63, 3.8) is 0 Å². The van der Waals surface area contributed by atoms with Crippen LogP contribution in [0.5, 0.6) is 0 Å². The van der Waals surface area contributed by atoms with Gasteiger partial charge in [0, 0.05) is 0 Å². The normalized spacial score (nSPS) is 4.80. The molecule has 0 bridgehead atoms. The molecule has 0 rings (SSSR count). The van der Waals surface area contributed by atoms with Crippen molar-refractivity contribution in [2.24, 2.45) is 5.73 Å². The first-order valence-corrected chi connectivity index (χ1v) is 1.51. The SMILES string of the molecule is NC(=S)[S-].[Cu+]. The number of nitrogens with two attached hydrogens (primary N) is 1. The second kappa shape index (κ2) is 4.63. The quantitative estimate of drug-likeness (QED) is 0.298. The molecule has 0 saturated heterocycles. The van der Waals surface area contributed by atoms with E-state index in [-0.39, 0.29) is 21.4 Å². The summed E-state index contributed by atoms with van der Waals surface area (Å²) in [6.45, 7) is 0. The monoisotopic (exact) mass is 155 g/mol. The molecule has 2 N–H and O–H groups in total. The van der Waals surface area contributed by atoms with E-state index in [1.54, 1.807) is 0 Å². The zero-order valence-corrected chi connectivity index (χ0v) is 4.77. The molecule has 0 aliphatic carbocycles.